The second-order valence-electron chi connectivity index (χ2n) is 4.55. The highest BCUT2D eigenvalue weighted by Gasteiger charge is 2.00. The Labute approximate surface area is 99.9 Å². The van der Waals surface area contributed by atoms with Gasteiger partial charge in [-0.15, -0.1) is 0 Å². The zero-order valence-electron chi connectivity index (χ0n) is 11.2. The molecular weight excluding hydrogens is 196 g/mol. The summed E-state index contributed by atoms with van der Waals surface area (Å²) in [4.78, 5) is 9.17. The highest BCUT2D eigenvalue weighted by atomic mass is 16.1. The van der Waals surface area contributed by atoms with Crippen LogP contribution < -0.4 is 0 Å². The molecule has 0 aliphatic rings. The maximum absolute atomic E-state index is 9.17. The Balaban J connectivity index is 0.000000487. The normalized spacial score (nSPS) is 9.94. The number of carbonyl (C=O) groups is 1. The molecule has 1 heteroatoms. The second-order valence-corrected chi connectivity index (χ2v) is 4.55. The fraction of sp³-hybridized carbons (Fsp3) is 0.533. The van der Waals surface area contributed by atoms with E-state index in [1.165, 1.54) is 11.1 Å². The third-order valence-electron chi connectivity index (χ3n) is 2.44. The minimum absolute atomic E-state index is 0.639. The van der Waals surface area contributed by atoms with Crippen molar-refractivity contribution in [1.82, 2.24) is 0 Å². The summed E-state index contributed by atoms with van der Waals surface area (Å²) in [5.41, 5.74) is 2.86. The van der Waals surface area contributed by atoms with Gasteiger partial charge in [-0.1, -0.05) is 58.9 Å². The van der Waals surface area contributed by atoms with Crippen LogP contribution in [0.1, 0.15) is 64.0 Å². The third kappa shape index (κ3) is 5.69. The number of hydrogen-bond acceptors (Lipinski definition) is 1. The quantitative estimate of drug-likeness (QED) is 0.684. The van der Waals surface area contributed by atoms with Crippen LogP contribution in [0.2, 0.25) is 0 Å². The molecule has 0 atom stereocenters. The third-order valence-corrected chi connectivity index (χ3v) is 2.44. The molecule has 16 heavy (non-hydrogen) atoms. The Morgan fingerprint density at radius 3 is 1.31 bits per heavy atom. The topological polar surface area (TPSA) is 17.1 Å². The summed E-state index contributed by atoms with van der Waals surface area (Å²) in [6, 6.07) is 8.94. The number of hydrogen-bond donors (Lipinski definition) is 0. The lowest BCUT2D eigenvalue weighted by atomic mass is 9.97. The van der Waals surface area contributed by atoms with Crippen molar-refractivity contribution in [3.05, 3.63) is 35.4 Å². The molecule has 1 aromatic carbocycles. The minimum Gasteiger partial charge on any atom is -0.303 e. The fourth-order valence-corrected chi connectivity index (χ4v) is 1.27. The van der Waals surface area contributed by atoms with E-state index < -0.39 is 0 Å². The molecule has 0 N–H and O–H groups in total. The first-order chi connectivity index (χ1) is 7.52. The molecule has 0 unspecified atom stereocenters. The zero-order valence-corrected chi connectivity index (χ0v) is 11.2. The Morgan fingerprint density at radius 2 is 1.19 bits per heavy atom. The van der Waals surface area contributed by atoms with E-state index in [9.17, 15) is 4.79 Å². The number of aldehydes is 1. The SMILES string of the molecule is CC(C)c1ccc(C(C)C)cc1.CCC=O. The molecule has 1 rings (SSSR count). The van der Waals surface area contributed by atoms with Crippen molar-refractivity contribution in [3.8, 4) is 0 Å². The maximum atomic E-state index is 9.17. The van der Waals surface area contributed by atoms with Gasteiger partial charge in [-0.2, -0.15) is 0 Å². The van der Waals surface area contributed by atoms with Crippen molar-refractivity contribution in [2.24, 2.45) is 0 Å². The van der Waals surface area contributed by atoms with Crippen molar-refractivity contribution in [3.63, 3.8) is 0 Å². The molecule has 0 aliphatic carbocycles. The van der Waals surface area contributed by atoms with Crippen LogP contribution in [0, 0.1) is 0 Å². The lowest BCUT2D eigenvalue weighted by Gasteiger charge is -2.08. The molecule has 0 heterocycles. The molecule has 0 radical (unpaired) electrons. The Bertz CT molecular complexity index is 256. The van der Waals surface area contributed by atoms with Crippen LogP contribution in [0.15, 0.2) is 24.3 Å². The predicted molar refractivity (Wildman–Crippen MR) is 71.0 cm³/mol. The summed E-state index contributed by atoms with van der Waals surface area (Å²) in [6.07, 6.45) is 1.51. The molecule has 0 amide bonds. The van der Waals surface area contributed by atoms with Crippen molar-refractivity contribution in [2.75, 3.05) is 0 Å². The standard InChI is InChI=1S/C12H18.C3H6O/c1-9(2)11-5-7-12(8-6-11)10(3)4;1-2-3-4/h5-10H,1-4H3;3H,2H2,1H3. The monoisotopic (exact) mass is 220 g/mol. The van der Waals surface area contributed by atoms with Crippen molar-refractivity contribution in [1.29, 1.82) is 0 Å². The fourth-order valence-electron chi connectivity index (χ4n) is 1.27. The van der Waals surface area contributed by atoms with E-state index in [4.69, 9.17) is 0 Å². The van der Waals surface area contributed by atoms with E-state index in [1.807, 2.05) is 6.92 Å². The molecular formula is C15H24O. The van der Waals surface area contributed by atoms with E-state index in [1.54, 1.807) is 0 Å². The molecule has 1 aromatic rings. The van der Waals surface area contributed by atoms with Crippen LogP contribution in [0.3, 0.4) is 0 Å². The van der Waals surface area contributed by atoms with Crippen LogP contribution in [0.5, 0.6) is 0 Å². The van der Waals surface area contributed by atoms with Crippen molar-refractivity contribution >= 4 is 6.29 Å². The van der Waals surface area contributed by atoms with Gasteiger partial charge in [0, 0.05) is 6.42 Å². The van der Waals surface area contributed by atoms with Crippen LogP contribution >= 0.6 is 0 Å². The van der Waals surface area contributed by atoms with Crippen molar-refractivity contribution < 1.29 is 4.79 Å². The summed E-state index contributed by atoms with van der Waals surface area (Å²) in [7, 11) is 0. The van der Waals surface area contributed by atoms with Gasteiger partial charge in [0.05, 0.1) is 0 Å². The van der Waals surface area contributed by atoms with Gasteiger partial charge >= 0.3 is 0 Å². The van der Waals surface area contributed by atoms with Gasteiger partial charge in [0.15, 0.2) is 0 Å². The van der Waals surface area contributed by atoms with E-state index in [2.05, 4.69) is 52.0 Å². The second kappa shape index (κ2) is 8.09. The first kappa shape index (κ1) is 14.9. The first-order valence-corrected chi connectivity index (χ1v) is 6.06. The summed E-state index contributed by atoms with van der Waals surface area (Å²) < 4.78 is 0. The van der Waals surface area contributed by atoms with Crippen LogP contribution in [0.4, 0.5) is 0 Å². The van der Waals surface area contributed by atoms with Gasteiger partial charge in [-0.05, 0) is 23.0 Å². The molecule has 1 nitrogen and oxygen atoms in total. The van der Waals surface area contributed by atoms with E-state index in [0.29, 0.717) is 18.3 Å². The molecule has 0 spiro atoms. The van der Waals surface area contributed by atoms with Gasteiger partial charge < -0.3 is 4.79 Å². The van der Waals surface area contributed by atoms with E-state index >= 15 is 0 Å². The smallest absolute Gasteiger partial charge is 0.119 e. The average Bonchev–Trinajstić information content (AvgIpc) is 2.29. The zero-order chi connectivity index (χ0) is 12.6. The molecule has 0 bridgehead atoms. The molecule has 0 aliphatic heterocycles. The summed E-state index contributed by atoms with van der Waals surface area (Å²) in [5.74, 6) is 1.29. The number of rotatable bonds is 3. The molecule has 90 valence electrons. The number of carbonyl (C=O) groups excluding carboxylic acids is 1. The lowest BCUT2D eigenvalue weighted by molar-refractivity contribution is -0.107. The summed E-state index contributed by atoms with van der Waals surface area (Å²) in [5, 5.41) is 0. The van der Waals surface area contributed by atoms with Crippen LogP contribution in [-0.4, -0.2) is 6.29 Å². The highest BCUT2D eigenvalue weighted by molar-refractivity contribution is 5.48. The summed E-state index contributed by atoms with van der Waals surface area (Å²) >= 11 is 0. The Kier molecular flexibility index (Phi) is 7.53. The van der Waals surface area contributed by atoms with Gasteiger partial charge in [-0.25, -0.2) is 0 Å². The predicted octanol–water partition coefficient (Wildman–Crippen LogP) is 4.53. The van der Waals surface area contributed by atoms with E-state index in [-0.39, 0.29) is 0 Å². The lowest BCUT2D eigenvalue weighted by Crippen LogP contribution is -1.90. The van der Waals surface area contributed by atoms with Crippen molar-refractivity contribution in [2.45, 2.75) is 52.9 Å². The molecule has 0 saturated carbocycles. The largest absolute Gasteiger partial charge is 0.303 e. The van der Waals surface area contributed by atoms with Gasteiger partial charge in [0.1, 0.15) is 6.29 Å². The number of benzene rings is 1. The van der Waals surface area contributed by atoms with Gasteiger partial charge in [-0.3, -0.25) is 0 Å². The Hall–Kier alpha value is -1.11. The molecule has 0 fully saturated rings. The maximum Gasteiger partial charge on any atom is 0.119 e. The van der Waals surface area contributed by atoms with Crippen LogP contribution in [0.25, 0.3) is 0 Å². The van der Waals surface area contributed by atoms with E-state index in [0.717, 1.165) is 6.29 Å². The molecule has 0 aromatic heterocycles. The Morgan fingerprint density at radius 1 is 0.938 bits per heavy atom. The van der Waals surface area contributed by atoms with Gasteiger partial charge in [0.2, 0.25) is 0 Å². The van der Waals surface area contributed by atoms with Crippen LogP contribution in [-0.2, 0) is 4.79 Å². The van der Waals surface area contributed by atoms with Gasteiger partial charge in [0.25, 0.3) is 0 Å². The molecule has 0 saturated heterocycles. The minimum atomic E-state index is 0.639. The highest BCUT2D eigenvalue weighted by Crippen LogP contribution is 2.18. The summed E-state index contributed by atoms with van der Waals surface area (Å²) in [6.45, 7) is 10.7. The first-order valence-electron chi connectivity index (χ1n) is 6.06. The average molecular weight is 220 g/mol.